The van der Waals surface area contributed by atoms with E-state index in [9.17, 15) is 9.59 Å². The summed E-state index contributed by atoms with van der Waals surface area (Å²) >= 11 is 13.5. The lowest BCUT2D eigenvalue weighted by molar-refractivity contribution is -0.120. The van der Waals surface area contributed by atoms with E-state index >= 15 is 0 Å². The number of carbonyl (C=O) groups excluding carboxylic acids is 2. The van der Waals surface area contributed by atoms with Crippen molar-refractivity contribution < 1.29 is 14.3 Å². The van der Waals surface area contributed by atoms with Crippen LogP contribution in [0.4, 0.5) is 5.00 Å². The summed E-state index contributed by atoms with van der Waals surface area (Å²) in [6.45, 7) is 3.96. The number of benzene rings is 1. The number of rotatable bonds is 6. The first-order valence-electron chi connectivity index (χ1n) is 8.33. The number of nitrogens with one attached hydrogen (secondary N) is 1. The van der Waals surface area contributed by atoms with Crippen molar-refractivity contribution in [2.75, 3.05) is 11.9 Å². The van der Waals surface area contributed by atoms with Crippen LogP contribution < -0.4 is 5.32 Å². The molecule has 1 heterocycles. The van der Waals surface area contributed by atoms with E-state index in [1.165, 1.54) is 11.3 Å². The van der Waals surface area contributed by atoms with Crippen molar-refractivity contribution in [3.63, 3.8) is 0 Å². The molecule has 1 aliphatic carbocycles. The summed E-state index contributed by atoms with van der Waals surface area (Å²) in [7, 11) is 0. The molecule has 1 atom stereocenters. The van der Waals surface area contributed by atoms with Gasteiger partial charge in [-0.15, -0.1) is 34.5 Å². The van der Waals surface area contributed by atoms with E-state index in [2.05, 4.69) is 5.32 Å². The molecule has 4 nitrogen and oxygen atoms in total. The lowest BCUT2D eigenvalue weighted by Gasteiger charge is -2.13. The van der Waals surface area contributed by atoms with Gasteiger partial charge in [0.05, 0.1) is 12.0 Å². The minimum Gasteiger partial charge on any atom is -0.462 e. The molecule has 0 saturated heterocycles. The molecule has 0 unspecified atom stereocenters. The van der Waals surface area contributed by atoms with Gasteiger partial charge >= 0.3 is 5.97 Å². The van der Waals surface area contributed by atoms with Crippen LogP contribution in [0.2, 0.25) is 0 Å². The monoisotopic (exact) mass is 411 g/mol. The van der Waals surface area contributed by atoms with Crippen LogP contribution in [0.15, 0.2) is 35.7 Å². The lowest BCUT2D eigenvalue weighted by Crippen LogP contribution is -2.26. The Kier molecular flexibility index (Phi) is 5.33. The van der Waals surface area contributed by atoms with Gasteiger partial charge in [-0.25, -0.2) is 4.79 Å². The molecule has 0 aliphatic heterocycles. The van der Waals surface area contributed by atoms with Crippen LogP contribution in [0.1, 0.15) is 37.0 Å². The number of hydrogen-bond donors (Lipinski definition) is 1. The fourth-order valence-corrected chi connectivity index (χ4v) is 4.30. The Hall–Kier alpha value is -1.56. The first kappa shape index (κ1) is 19.2. The van der Waals surface area contributed by atoms with Crippen LogP contribution >= 0.6 is 34.5 Å². The Labute approximate surface area is 166 Å². The number of ether oxygens (including phenoxy) is 1. The summed E-state index contributed by atoms with van der Waals surface area (Å²) < 4.78 is 4.26. The molecule has 2 aromatic rings. The van der Waals surface area contributed by atoms with E-state index in [1.54, 1.807) is 6.92 Å². The maximum atomic E-state index is 12.6. The van der Waals surface area contributed by atoms with E-state index in [4.69, 9.17) is 27.9 Å². The van der Waals surface area contributed by atoms with Crippen molar-refractivity contribution in [3.05, 3.63) is 41.3 Å². The number of alkyl halides is 2. The topological polar surface area (TPSA) is 55.4 Å². The first-order chi connectivity index (χ1) is 12.3. The van der Waals surface area contributed by atoms with E-state index < -0.39 is 15.7 Å². The molecule has 7 heteroatoms. The lowest BCUT2D eigenvalue weighted by atomic mass is 10.0. The second-order valence-electron chi connectivity index (χ2n) is 6.52. The van der Waals surface area contributed by atoms with E-state index in [0.717, 1.165) is 17.5 Å². The number of carbonyl (C=O) groups is 2. The Balaban J connectivity index is 1.94. The standard InChI is InChI=1S/C19H19Cl2NO3S/c1-3-9-25-16(23)14-13(12-7-5-4-6-8-12)10-26-15(14)22-17(24)18(2)11-19(18,20)21/h4-8,10H,3,9,11H2,1-2H3,(H,22,24)/t18-/m0/s1. The van der Waals surface area contributed by atoms with E-state index in [0.29, 0.717) is 23.6 Å². The van der Waals surface area contributed by atoms with Crippen LogP contribution in [-0.4, -0.2) is 22.8 Å². The predicted octanol–water partition coefficient (Wildman–Crippen LogP) is 5.50. The summed E-state index contributed by atoms with van der Waals surface area (Å²) in [6.07, 6.45) is 1.10. The minimum atomic E-state index is -1.07. The van der Waals surface area contributed by atoms with Gasteiger partial charge in [-0.05, 0) is 25.3 Å². The van der Waals surface area contributed by atoms with Gasteiger partial charge in [-0.1, -0.05) is 37.3 Å². The number of halogens is 2. The van der Waals surface area contributed by atoms with Gasteiger partial charge in [0.25, 0.3) is 0 Å². The fourth-order valence-electron chi connectivity index (χ4n) is 2.64. The molecule has 1 aromatic carbocycles. The van der Waals surface area contributed by atoms with Gasteiger partial charge in [0.15, 0.2) is 0 Å². The maximum Gasteiger partial charge on any atom is 0.341 e. The Morgan fingerprint density at radius 1 is 1.27 bits per heavy atom. The Morgan fingerprint density at radius 3 is 2.50 bits per heavy atom. The highest BCUT2D eigenvalue weighted by atomic mass is 35.5. The van der Waals surface area contributed by atoms with Crippen LogP contribution in [0.25, 0.3) is 11.1 Å². The van der Waals surface area contributed by atoms with Crippen molar-refractivity contribution >= 4 is 51.4 Å². The van der Waals surface area contributed by atoms with E-state index in [-0.39, 0.29) is 5.91 Å². The summed E-state index contributed by atoms with van der Waals surface area (Å²) in [5.74, 6) is -0.750. The second-order valence-corrected chi connectivity index (χ2v) is 8.89. The zero-order chi connectivity index (χ0) is 18.9. The maximum absolute atomic E-state index is 12.6. The third-order valence-corrected chi connectivity index (χ3v) is 6.50. The summed E-state index contributed by atoms with van der Waals surface area (Å²) in [4.78, 5) is 25.3. The SMILES string of the molecule is CCCOC(=O)c1c(-c2ccccc2)csc1NC(=O)[C@]1(C)CC1(Cl)Cl. The highest BCUT2D eigenvalue weighted by Gasteiger charge is 2.68. The van der Waals surface area contributed by atoms with Crippen molar-refractivity contribution in [2.45, 2.75) is 31.0 Å². The largest absolute Gasteiger partial charge is 0.462 e. The molecule has 0 spiro atoms. The van der Waals surface area contributed by atoms with Gasteiger partial charge < -0.3 is 10.1 Å². The highest BCUT2D eigenvalue weighted by molar-refractivity contribution is 7.15. The van der Waals surface area contributed by atoms with Gasteiger partial charge in [0.2, 0.25) is 5.91 Å². The van der Waals surface area contributed by atoms with Gasteiger partial charge in [0.1, 0.15) is 14.9 Å². The van der Waals surface area contributed by atoms with Crippen molar-refractivity contribution in [1.82, 2.24) is 0 Å². The van der Waals surface area contributed by atoms with Crippen LogP contribution in [0.3, 0.4) is 0 Å². The summed E-state index contributed by atoms with van der Waals surface area (Å²) in [5, 5.41) is 5.12. The Morgan fingerprint density at radius 2 is 1.92 bits per heavy atom. The molecule has 138 valence electrons. The zero-order valence-corrected chi connectivity index (χ0v) is 16.8. The third kappa shape index (κ3) is 3.48. The predicted molar refractivity (Wildman–Crippen MR) is 106 cm³/mol. The fraction of sp³-hybridized carbons (Fsp3) is 0.368. The average Bonchev–Trinajstić information content (AvgIpc) is 2.95. The van der Waals surface area contributed by atoms with Crippen LogP contribution in [0.5, 0.6) is 0 Å². The molecular weight excluding hydrogens is 393 g/mol. The highest BCUT2D eigenvalue weighted by Crippen LogP contribution is 2.64. The molecule has 1 fully saturated rings. The molecule has 0 bridgehead atoms. The van der Waals surface area contributed by atoms with Crippen LogP contribution in [0, 0.1) is 5.41 Å². The van der Waals surface area contributed by atoms with Gasteiger partial charge in [-0.2, -0.15) is 0 Å². The summed E-state index contributed by atoms with van der Waals surface area (Å²) in [6, 6.07) is 9.52. The van der Waals surface area contributed by atoms with Crippen molar-refractivity contribution in [3.8, 4) is 11.1 Å². The quantitative estimate of drug-likeness (QED) is 0.503. The Bertz CT molecular complexity index is 835. The van der Waals surface area contributed by atoms with Crippen molar-refractivity contribution in [1.29, 1.82) is 0 Å². The molecule has 0 radical (unpaired) electrons. The second kappa shape index (κ2) is 7.22. The number of thiophene rings is 1. The number of hydrogen-bond acceptors (Lipinski definition) is 4. The zero-order valence-electron chi connectivity index (χ0n) is 14.5. The molecule has 1 N–H and O–H groups in total. The molecule has 1 saturated carbocycles. The number of amides is 1. The van der Waals surface area contributed by atoms with Gasteiger partial charge in [-0.3, -0.25) is 4.79 Å². The average molecular weight is 412 g/mol. The van der Waals surface area contributed by atoms with Gasteiger partial charge in [0, 0.05) is 10.9 Å². The minimum absolute atomic E-state index is 0.298. The normalized spacial score (nSPS) is 20.5. The van der Waals surface area contributed by atoms with E-state index in [1.807, 2.05) is 42.6 Å². The van der Waals surface area contributed by atoms with Crippen LogP contribution in [-0.2, 0) is 9.53 Å². The first-order valence-corrected chi connectivity index (χ1v) is 9.97. The summed E-state index contributed by atoms with van der Waals surface area (Å²) in [5.41, 5.74) is 1.12. The molecule has 1 aromatic heterocycles. The molecule has 1 aliphatic rings. The van der Waals surface area contributed by atoms with Crippen molar-refractivity contribution in [2.24, 2.45) is 5.41 Å². The number of esters is 1. The third-order valence-electron chi connectivity index (χ3n) is 4.50. The molecule has 1 amide bonds. The number of anilines is 1. The molecular formula is C19H19Cl2NO3S. The molecule has 3 rings (SSSR count). The smallest absolute Gasteiger partial charge is 0.341 e. The molecule has 26 heavy (non-hydrogen) atoms.